The van der Waals surface area contributed by atoms with Gasteiger partial charge in [-0.05, 0) is 58.2 Å². The summed E-state index contributed by atoms with van der Waals surface area (Å²) in [6.45, 7) is 3.24. The van der Waals surface area contributed by atoms with E-state index in [9.17, 15) is 4.79 Å². The minimum Gasteiger partial charge on any atom is -0.306 e. The van der Waals surface area contributed by atoms with Crippen molar-refractivity contribution in [1.82, 2.24) is 14.7 Å². The molecule has 1 aromatic heterocycles. The van der Waals surface area contributed by atoms with Crippen LogP contribution in [0, 0.1) is 0 Å². The molecule has 1 N–H and O–H groups in total. The van der Waals surface area contributed by atoms with Crippen molar-refractivity contribution in [2.75, 3.05) is 20.1 Å². The van der Waals surface area contributed by atoms with Gasteiger partial charge < -0.3 is 4.90 Å². The summed E-state index contributed by atoms with van der Waals surface area (Å²) in [6.07, 6.45) is 5.79. The first-order chi connectivity index (χ1) is 8.25. The van der Waals surface area contributed by atoms with Gasteiger partial charge in [0.1, 0.15) is 0 Å². The fraction of sp³-hybridized carbons (Fsp3) is 0.769. The van der Waals surface area contributed by atoms with Gasteiger partial charge in [0.05, 0.1) is 0 Å². The quantitative estimate of drug-likeness (QED) is 0.797. The van der Waals surface area contributed by atoms with Crippen molar-refractivity contribution in [2.24, 2.45) is 0 Å². The monoisotopic (exact) mass is 235 g/mol. The van der Waals surface area contributed by atoms with Crippen molar-refractivity contribution in [2.45, 2.75) is 44.6 Å². The highest BCUT2D eigenvalue weighted by molar-refractivity contribution is 5.24. The molecule has 1 saturated heterocycles. The highest BCUT2D eigenvalue weighted by atomic mass is 16.1. The average Bonchev–Trinajstić information content (AvgIpc) is 2.66. The number of piperidine rings is 1. The van der Waals surface area contributed by atoms with Crippen molar-refractivity contribution in [3.8, 4) is 0 Å². The molecule has 0 radical (unpaired) electrons. The van der Waals surface area contributed by atoms with E-state index in [0.29, 0.717) is 5.92 Å². The Kier molecular flexibility index (Phi) is 2.82. The Hall–Kier alpha value is -1.03. The van der Waals surface area contributed by atoms with Crippen LogP contribution in [0.25, 0.3) is 0 Å². The third-order valence-electron chi connectivity index (χ3n) is 4.29. The Labute approximate surface area is 102 Å². The van der Waals surface area contributed by atoms with E-state index in [1.165, 1.54) is 18.5 Å². The van der Waals surface area contributed by atoms with Gasteiger partial charge in [-0.15, -0.1) is 0 Å². The number of aromatic nitrogens is 2. The molecule has 0 bridgehead atoms. The van der Waals surface area contributed by atoms with Crippen LogP contribution in [0.1, 0.15) is 42.9 Å². The van der Waals surface area contributed by atoms with Crippen LogP contribution in [-0.4, -0.2) is 34.8 Å². The SMILES string of the molecule is CN1CCC(c2c3n([nH]c2=O)CCCC3)CC1. The molecule has 4 heteroatoms. The summed E-state index contributed by atoms with van der Waals surface area (Å²) in [5.41, 5.74) is 2.59. The first-order valence-corrected chi connectivity index (χ1v) is 6.76. The molecule has 4 nitrogen and oxygen atoms in total. The predicted molar refractivity (Wildman–Crippen MR) is 67.5 cm³/mol. The van der Waals surface area contributed by atoms with Crippen molar-refractivity contribution in [3.63, 3.8) is 0 Å². The molecule has 3 heterocycles. The first kappa shape index (κ1) is 11.1. The third-order valence-corrected chi connectivity index (χ3v) is 4.29. The molecule has 0 aromatic carbocycles. The molecular weight excluding hydrogens is 214 g/mol. The number of aromatic amines is 1. The van der Waals surface area contributed by atoms with Crippen molar-refractivity contribution < 1.29 is 0 Å². The minimum absolute atomic E-state index is 0.177. The van der Waals surface area contributed by atoms with Crippen molar-refractivity contribution >= 4 is 0 Å². The van der Waals surface area contributed by atoms with Gasteiger partial charge in [0.2, 0.25) is 0 Å². The van der Waals surface area contributed by atoms with Crippen LogP contribution in [0.3, 0.4) is 0 Å². The number of fused-ring (bicyclic) bond motifs is 1. The Bertz CT molecular complexity index is 452. The lowest BCUT2D eigenvalue weighted by Gasteiger charge is -2.29. The molecule has 94 valence electrons. The Morgan fingerprint density at radius 1 is 1.18 bits per heavy atom. The van der Waals surface area contributed by atoms with E-state index in [-0.39, 0.29) is 5.56 Å². The molecule has 1 aromatic rings. The molecule has 0 aliphatic carbocycles. The smallest absolute Gasteiger partial charge is 0.267 e. The number of likely N-dealkylation sites (tertiary alicyclic amines) is 1. The van der Waals surface area contributed by atoms with E-state index >= 15 is 0 Å². The zero-order valence-corrected chi connectivity index (χ0v) is 10.5. The van der Waals surface area contributed by atoms with E-state index in [2.05, 4.69) is 21.7 Å². The predicted octanol–water partition coefficient (Wildman–Crippen LogP) is 1.32. The molecule has 0 atom stereocenters. The van der Waals surface area contributed by atoms with E-state index < -0.39 is 0 Å². The molecule has 2 aliphatic heterocycles. The molecule has 0 saturated carbocycles. The zero-order valence-electron chi connectivity index (χ0n) is 10.5. The van der Waals surface area contributed by atoms with E-state index in [0.717, 1.165) is 44.5 Å². The largest absolute Gasteiger partial charge is 0.306 e. The van der Waals surface area contributed by atoms with Gasteiger partial charge in [-0.3, -0.25) is 14.6 Å². The number of aryl methyl sites for hydroxylation is 1. The van der Waals surface area contributed by atoms with Gasteiger partial charge in [-0.2, -0.15) is 0 Å². The molecule has 0 amide bonds. The maximum absolute atomic E-state index is 12.1. The summed E-state index contributed by atoms with van der Waals surface area (Å²) >= 11 is 0. The van der Waals surface area contributed by atoms with Crippen LogP contribution >= 0.6 is 0 Å². The maximum atomic E-state index is 12.1. The van der Waals surface area contributed by atoms with E-state index in [4.69, 9.17) is 0 Å². The number of nitrogens with zero attached hydrogens (tertiary/aromatic N) is 2. The summed E-state index contributed by atoms with van der Waals surface area (Å²) in [6, 6.07) is 0. The van der Waals surface area contributed by atoms with Gasteiger partial charge in [-0.25, -0.2) is 0 Å². The summed E-state index contributed by atoms with van der Waals surface area (Å²) in [7, 11) is 2.16. The topological polar surface area (TPSA) is 41.0 Å². The van der Waals surface area contributed by atoms with E-state index in [1.807, 2.05) is 0 Å². The summed E-state index contributed by atoms with van der Waals surface area (Å²) in [5, 5.41) is 3.02. The summed E-state index contributed by atoms with van der Waals surface area (Å²) in [5.74, 6) is 0.490. The van der Waals surface area contributed by atoms with Crippen LogP contribution in [0.5, 0.6) is 0 Å². The van der Waals surface area contributed by atoms with Crippen LogP contribution < -0.4 is 5.56 Å². The van der Waals surface area contributed by atoms with E-state index in [1.54, 1.807) is 0 Å². The third kappa shape index (κ3) is 1.95. The second kappa shape index (κ2) is 4.33. The second-order valence-corrected chi connectivity index (χ2v) is 5.49. The Morgan fingerprint density at radius 3 is 2.71 bits per heavy atom. The van der Waals surface area contributed by atoms with Crippen molar-refractivity contribution in [1.29, 1.82) is 0 Å². The highest BCUT2D eigenvalue weighted by Gasteiger charge is 2.27. The average molecular weight is 235 g/mol. The molecule has 0 spiro atoms. The first-order valence-electron chi connectivity index (χ1n) is 6.76. The lowest BCUT2D eigenvalue weighted by Crippen LogP contribution is -2.31. The van der Waals surface area contributed by atoms with Crippen LogP contribution in [-0.2, 0) is 13.0 Å². The zero-order chi connectivity index (χ0) is 11.8. The fourth-order valence-electron chi connectivity index (χ4n) is 3.27. The fourth-order valence-corrected chi connectivity index (χ4v) is 3.27. The molecule has 3 rings (SSSR count). The van der Waals surface area contributed by atoms with Gasteiger partial charge in [0.25, 0.3) is 5.56 Å². The highest BCUT2D eigenvalue weighted by Crippen LogP contribution is 2.29. The van der Waals surface area contributed by atoms with Crippen molar-refractivity contribution in [3.05, 3.63) is 21.6 Å². The Morgan fingerprint density at radius 2 is 1.94 bits per heavy atom. The second-order valence-electron chi connectivity index (χ2n) is 5.49. The normalized spacial score (nSPS) is 22.6. The van der Waals surface area contributed by atoms with Gasteiger partial charge in [0.15, 0.2) is 0 Å². The molecular formula is C13H21N3O. The van der Waals surface area contributed by atoms with Gasteiger partial charge in [0, 0.05) is 17.8 Å². The lowest BCUT2D eigenvalue weighted by molar-refractivity contribution is 0.254. The summed E-state index contributed by atoms with van der Waals surface area (Å²) in [4.78, 5) is 14.5. The number of rotatable bonds is 1. The minimum atomic E-state index is 0.177. The molecule has 1 fully saturated rings. The number of hydrogen-bond donors (Lipinski definition) is 1. The van der Waals surface area contributed by atoms with Crippen LogP contribution in [0.15, 0.2) is 4.79 Å². The van der Waals surface area contributed by atoms with Crippen LogP contribution in [0.4, 0.5) is 0 Å². The van der Waals surface area contributed by atoms with Crippen LogP contribution in [0.2, 0.25) is 0 Å². The number of nitrogens with one attached hydrogen (secondary N) is 1. The Balaban J connectivity index is 1.92. The summed E-state index contributed by atoms with van der Waals surface area (Å²) < 4.78 is 2.10. The number of H-pyrrole nitrogens is 1. The maximum Gasteiger partial charge on any atom is 0.267 e. The molecule has 17 heavy (non-hydrogen) atoms. The molecule has 2 aliphatic rings. The number of hydrogen-bond acceptors (Lipinski definition) is 2. The lowest BCUT2D eigenvalue weighted by atomic mass is 9.88. The van der Waals surface area contributed by atoms with Gasteiger partial charge >= 0.3 is 0 Å². The standard InChI is InChI=1S/C13H21N3O/c1-15-8-5-10(6-9-15)12-11-4-2-3-7-16(11)14-13(12)17/h10H,2-9H2,1H3,(H,14,17). The molecule has 0 unspecified atom stereocenters. The van der Waals surface area contributed by atoms with Gasteiger partial charge in [-0.1, -0.05) is 0 Å².